The van der Waals surface area contributed by atoms with Crippen LogP contribution in [0.5, 0.6) is 0 Å². The normalized spacial score (nSPS) is 18.7. The van der Waals surface area contributed by atoms with Crippen molar-refractivity contribution in [1.82, 2.24) is 24.2 Å². The van der Waals surface area contributed by atoms with Crippen LogP contribution in [0.25, 0.3) is 11.1 Å². The summed E-state index contributed by atoms with van der Waals surface area (Å²) in [5, 5.41) is 3.03. The molecule has 0 radical (unpaired) electrons. The number of piperidine rings is 3. The van der Waals surface area contributed by atoms with Gasteiger partial charge in [-0.1, -0.05) is 52.5 Å². The number of likely N-dealkylation sites (tertiary alicyclic amines) is 3. The van der Waals surface area contributed by atoms with Crippen LogP contribution >= 0.6 is 0 Å². The topological polar surface area (TPSA) is 147 Å². The fraction of sp³-hybridized carbons (Fsp3) is 0.630. The number of esters is 1. The number of nitrogens with zero attached hydrogens (tertiary/aromatic N) is 5. The molecule has 1 N–H and O–H groups in total. The number of oxazole rings is 1. The van der Waals surface area contributed by atoms with Crippen molar-refractivity contribution in [1.29, 1.82) is 0 Å². The van der Waals surface area contributed by atoms with Crippen molar-refractivity contribution in [2.45, 2.75) is 111 Å². The van der Waals surface area contributed by atoms with Crippen molar-refractivity contribution < 1.29 is 33.1 Å². The van der Waals surface area contributed by atoms with Crippen molar-refractivity contribution >= 4 is 40.8 Å². The zero-order valence-electron chi connectivity index (χ0n) is 35.7. The molecule has 5 heterocycles. The molecule has 7 rings (SSSR count). The average molecular weight is 833 g/mol. The number of fused-ring (bicyclic) bond motifs is 2. The molecule has 14 nitrogen and oxygen atoms in total. The van der Waals surface area contributed by atoms with E-state index in [0.29, 0.717) is 75.6 Å². The summed E-state index contributed by atoms with van der Waals surface area (Å²) in [5.74, 6) is 0.706. The molecule has 0 unspecified atom stereocenters. The van der Waals surface area contributed by atoms with Crippen LogP contribution in [0.4, 0.5) is 15.3 Å². The molecular weight excluding hydrogens is 765 g/mol. The number of para-hydroxylation sites is 1. The van der Waals surface area contributed by atoms with Crippen LogP contribution in [0.15, 0.2) is 45.6 Å². The second-order valence-electron chi connectivity index (χ2n) is 17.0. The first-order valence-corrected chi connectivity index (χ1v) is 21.8. The highest BCUT2D eigenvalue weighted by Gasteiger charge is 2.35. The molecule has 3 fully saturated rings. The third-order valence-corrected chi connectivity index (χ3v) is 12.4. The molecular formula is C46H68N6O8. The van der Waals surface area contributed by atoms with Gasteiger partial charge >= 0.3 is 23.8 Å². The largest absolute Gasteiger partial charge is 0.466 e. The van der Waals surface area contributed by atoms with Gasteiger partial charge in [0.15, 0.2) is 11.7 Å². The highest BCUT2D eigenvalue weighted by molar-refractivity contribution is 5.91. The van der Waals surface area contributed by atoms with Gasteiger partial charge in [0, 0.05) is 64.5 Å². The summed E-state index contributed by atoms with van der Waals surface area (Å²) in [6.45, 7) is 14.9. The standard InChI is InChI=1S/C33H41N5O6.C12H23NO2.CH4/c1-21-8-13-36(14-9-21)30(39)28(20-23-18-22(2)29-27(19-23)43-32(41)35(29)3)44-33(42)37-15-11-25(12-16-37)38-17-10-24-6-4-5-7-26(24)34-31(38)40;1-3-10-15-12(14)6-9-13-7-4-11(2)5-8-13;/h4-7,18-19,21,25,28H,8-17,20H2,1-3H3,(H,34,40);11H,3-10H2,1-2H3;1H4/t28-;;/m1../s1. The number of ether oxygens (including phenoxy) is 2. The molecule has 0 bridgehead atoms. The van der Waals surface area contributed by atoms with Gasteiger partial charge in [-0.25, -0.2) is 14.4 Å². The summed E-state index contributed by atoms with van der Waals surface area (Å²) in [7, 11) is 1.66. The molecule has 14 heteroatoms. The molecule has 0 spiro atoms. The highest BCUT2D eigenvalue weighted by atomic mass is 16.6. The molecule has 4 aliphatic heterocycles. The summed E-state index contributed by atoms with van der Waals surface area (Å²) in [4.78, 5) is 71.4. The van der Waals surface area contributed by atoms with Crippen LogP contribution in [0.3, 0.4) is 0 Å². The van der Waals surface area contributed by atoms with Crippen molar-refractivity contribution in [3.8, 4) is 0 Å². The van der Waals surface area contributed by atoms with Crippen LogP contribution in [-0.4, -0.2) is 119 Å². The summed E-state index contributed by atoms with van der Waals surface area (Å²) >= 11 is 0. The lowest BCUT2D eigenvalue weighted by molar-refractivity contribution is -0.144. The number of benzene rings is 2. The molecule has 3 aromatic rings. The molecule has 60 heavy (non-hydrogen) atoms. The third kappa shape index (κ3) is 11.9. The second-order valence-corrected chi connectivity index (χ2v) is 17.0. The van der Waals surface area contributed by atoms with Crippen LogP contribution in [0.2, 0.25) is 0 Å². The van der Waals surface area contributed by atoms with Crippen molar-refractivity contribution in [2.75, 3.05) is 64.3 Å². The minimum atomic E-state index is -1.00. The number of hydrogen-bond acceptors (Lipinski definition) is 9. The second kappa shape index (κ2) is 21.6. The Labute approximate surface area is 355 Å². The molecule has 330 valence electrons. The number of hydrogen-bond donors (Lipinski definition) is 1. The highest BCUT2D eigenvalue weighted by Crippen LogP contribution is 2.27. The number of rotatable bonds is 10. The van der Waals surface area contributed by atoms with Gasteiger partial charge < -0.3 is 38.8 Å². The van der Waals surface area contributed by atoms with Gasteiger partial charge in [0.2, 0.25) is 0 Å². The van der Waals surface area contributed by atoms with Crippen LogP contribution in [0, 0.1) is 18.8 Å². The van der Waals surface area contributed by atoms with E-state index in [2.05, 4.69) is 24.1 Å². The minimum Gasteiger partial charge on any atom is -0.466 e. The Kier molecular flexibility index (Phi) is 16.6. The molecule has 1 atom stereocenters. The smallest absolute Gasteiger partial charge is 0.419 e. The fourth-order valence-corrected chi connectivity index (χ4v) is 8.64. The Bertz CT molecular complexity index is 1970. The molecule has 4 aliphatic rings. The van der Waals surface area contributed by atoms with E-state index >= 15 is 0 Å². The molecule has 4 amide bonds. The fourth-order valence-electron chi connectivity index (χ4n) is 8.64. The van der Waals surface area contributed by atoms with Crippen LogP contribution < -0.4 is 11.1 Å². The van der Waals surface area contributed by atoms with Gasteiger partial charge in [0.1, 0.15) is 0 Å². The van der Waals surface area contributed by atoms with Gasteiger partial charge in [-0.05, 0) is 112 Å². The van der Waals surface area contributed by atoms with Crippen molar-refractivity contribution in [2.24, 2.45) is 18.9 Å². The third-order valence-electron chi connectivity index (χ3n) is 12.4. The van der Waals surface area contributed by atoms with Gasteiger partial charge in [0.25, 0.3) is 5.91 Å². The first-order chi connectivity index (χ1) is 28.4. The van der Waals surface area contributed by atoms with Crippen molar-refractivity contribution in [3.63, 3.8) is 0 Å². The van der Waals surface area contributed by atoms with Gasteiger partial charge in [0.05, 0.1) is 18.5 Å². The lowest BCUT2D eigenvalue weighted by Crippen LogP contribution is -2.51. The summed E-state index contributed by atoms with van der Waals surface area (Å²) in [5.41, 5.74) is 4.72. The number of amides is 4. The molecule has 0 aliphatic carbocycles. The molecule has 0 saturated carbocycles. The number of aromatic nitrogens is 1. The van der Waals surface area contributed by atoms with E-state index in [1.165, 1.54) is 17.4 Å². The quantitative estimate of drug-likeness (QED) is 0.214. The van der Waals surface area contributed by atoms with Gasteiger partial charge in [-0.3, -0.25) is 14.2 Å². The number of carbonyl (C=O) groups excluding carboxylic acids is 4. The maximum Gasteiger partial charge on any atom is 0.419 e. The molecule has 1 aromatic heterocycles. The first kappa shape index (κ1) is 46.2. The SMILES string of the molecule is C.CCCOC(=O)CCN1CCC(C)CC1.Cc1cc(C[C@@H](OC(=O)N2CCC(N3CCc4ccccc4NC3=O)CC2)C(=O)N2CCC(C)CC2)cc2oc(=O)n(C)c12. The average Bonchev–Trinajstić information content (AvgIpc) is 3.41. The monoisotopic (exact) mass is 833 g/mol. The van der Waals surface area contributed by atoms with Crippen molar-refractivity contribution in [3.05, 3.63) is 63.6 Å². The van der Waals surface area contributed by atoms with E-state index in [0.717, 1.165) is 73.6 Å². The Morgan fingerprint density at radius 3 is 2.22 bits per heavy atom. The number of anilines is 1. The first-order valence-electron chi connectivity index (χ1n) is 21.8. The van der Waals surface area contributed by atoms with E-state index in [9.17, 15) is 24.0 Å². The van der Waals surface area contributed by atoms with Gasteiger partial charge in [-0.15, -0.1) is 0 Å². The van der Waals surface area contributed by atoms with E-state index in [1.54, 1.807) is 22.9 Å². The van der Waals surface area contributed by atoms with E-state index in [4.69, 9.17) is 13.9 Å². The van der Waals surface area contributed by atoms with Crippen LogP contribution in [0.1, 0.15) is 96.3 Å². The zero-order chi connectivity index (χ0) is 42.1. The summed E-state index contributed by atoms with van der Waals surface area (Å²) in [6, 6.07) is 11.4. The predicted octanol–water partition coefficient (Wildman–Crippen LogP) is 7.00. The maximum atomic E-state index is 13.8. The lowest BCUT2D eigenvalue weighted by Gasteiger charge is -2.38. The van der Waals surface area contributed by atoms with E-state index in [1.807, 2.05) is 49.1 Å². The lowest BCUT2D eigenvalue weighted by atomic mass is 9.98. The predicted molar refractivity (Wildman–Crippen MR) is 233 cm³/mol. The summed E-state index contributed by atoms with van der Waals surface area (Å²) in [6.07, 6.45) is 6.50. The number of nitrogens with one attached hydrogen (secondary N) is 1. The number of carbonyl (C=O) groups is 4. The molecule has 2 aromatic carbocycles. The number of aryl methyl sites for hydroxylation is 2. The van der Waals surface area contributed by atoms with Crippen LogP contribution in [-0.2, 0) is 39.0 Å². The number of urea groups is 1. The minimum absolute atomic E-state index is 0. The van der Waals surface area contributed by atoms with E-state index < -0.39 is 18.0 Å². The molecule has 3 saturated heterocycles. The van der Waals surface area contributed by atoms with E-state index in [-0.39, 0.29) is 37.8 Å². The Morgan fingerprint density at radius 2 is 1.53 bits per heavy atom. The van der Waals surface area contributed by atoms with Gasteiger partial charge in [-0.2, -0.15) is 0 Å². The Balaban J connectivity index is 0.000000362. The zero-order valence-corrected chi connectivity index (χ0v) is 35.7. The maximum absolute atomic E-state index is 13.8. The summed E-state index contributed by atoms with van der Waals surface area (Å²) < 4.78 is 17.9. The Hall–Kier alpha value is -4.85. The Morgan fingerprint density at radius 1 is 0.883 bits per heavy atom.